The minimum Gasteiger partial charge on any atom is -0.458 e. The molecule has 0 aromatic carbocycles. The van der Waals surface area contributed by atoms with Gasteiger partial charge in [-0.25, -0.2) is 4.79 Å². The van der Waals surface area contributed by atoms with Gasteiger partial charge in [0.1, 0.15) is 17.5 Å². The molecule has 0 radical (unpaired) electrons. The minimum atomic E-state index is -2.18. The van der Waals surface area contributed by atoms with Crippen molar-refractivity contribution in [3.63, 3.8) is 0 Å². The van der Waals surface area contributed by atoms with Crippen LogP contribution in [0, 0.1) is 53.3 Å². The van der Waals surface area contributed by atoms with Crippen LogP contribution in [0.15, 0.2) is 36.5 Å². The number of hydrogen-bond donors (Lipinski definition) is 5. The molecular formula is C45H74O11. The second-order valence-electron chi connectivity index (χ2n) is 18.0. The van der Waals surface area contributed by atoms with E-state index >= 15 is 0 Å². The van der Waals surface area contributed by atoms with Crippen LogP contribution in [0.3, 0.4) is 0 Å². The van der Waals surface area contributed by atoms with Crippen LogP contribution in [0.2, 0.25) is 0 Å². The molecule has 1 spiro atoms. The lowest BCUT2D eigenvalue weighted by Gasteiger charge is -2.55. The smallest absolute Gasteiger partial charge is 0.330 e. The molecule has 2 fully saturated rings. The number of esters is 1. The first-order valence-electron chi connectivity index (χ1n) is 21.2. The lowest BCUT2D eigenvalue weighted by atomic mass is 9.74. The van der Waals surface area contributed by atoms with Crippen molar-refractivity contribution < 1.29 is 54.1 Å². The molecule has 3 heterocycles. The highest BCUT2D eigenvalue weighted by Gasteiger charge is 2.56. The summed E-state index contributed by atoms with van der Waals surface area (Å²) in [6, 6.07) is 0. The fourth-order valence-corrected chi connectivity index (χ4v) is 9.01. The first-order chi connectivity index (χ1) is 26.1. The summed E-state index contributed by atoms with van der Waals surface area (Å²) < 4.78 is 20.0. The average Bonchev–Trinajstić information content (AvgIpc) is 3.16. The first-order valence-corrected chi connectivity index (χ1v) is 21.2. The van der Waals surface area contributed by atoms with Crippen LogP contribution < -0.4 is 0 Å². The zero-order valence-corrected chi connectivity index (χ0v) is 35.8. The number of fused-ring (bicyclic) bond motifs is 2. The zero-order chi connectivity index (χ0) is 42.3. The largest absolute Gasteiger partial charge is 0.458 e. The Bertz CT molecular complexity index is 1390. The summed E-state index contributed by atoms with van der Waals surface area (Å²) in [4.78, 5) is 40.5. The number of carbonyl (C=O) groups is 3. The van der Waals surface area contributed by atoms with Gasteiger partial charge in [-0.1, -0.05) is 92.7 Å². The zero-order valence-electron chi connectivity index (χ0n) is 35.8. The molecule has 0 amide bonds. The molecule has 2 saturated heterocycles. The number of Topliss-reactive ketones (excluding diaryl/α,β-unsaturated/α-hetero) is 2. The summed E-state index contributed by atoms with van der Waals surface area (Å²) in [5.74, 6) is -7.28. The Morgan fingerprint density at radius 3 is 2.11 bits per heavy atom. The molecule has 0 aromatic heterocycles. The Hall–Kier alpha value is -2.25. The molecule has 0 saturated carbocycles. The van der Waals surface area contributed by atoms with Crippen molar-refractivity contribution in [2.75, 3.05) is 0 Å². The summed E-state index contributed by atoms with van der Waals surface area (Å²) >= 11 is 0. The van der Waals surface area contributed by atoms with Gasteiger partial charge in [0.2, 0.25) is 0 Å². The Balaban J connectivity index is 1.99. The molecule has 0 unspecified atom stereocenters. The van der Waals surface area contributed by atoms with Crippen LogP contribution in [0.4, 0.5) is 0 Å². The Labute approximate surface area is 336 Å². The van der Waals surface area contributed by atoms with Gasteiger partial charge >= 0.3 is 5.97 Å². The highest BCUT2D eigenvalue weighted by Crippen LogP contribution is 2.49. The third-order valence-electron chi connectivity index (χ3n) is 13.4. The SMILES string of the molecule is CC[C@@H]1/C=C/C=C\C[C@H](C)[C@H](O)[C@](C)(O)C(=O)[C@H](C)[C@@H](O)[C@H](C)C(=O)[C@H](C)[C@@H](O)[C@H](C)/C=C/C(=O)O[C@H]2[C@@H](C)[C@@H](CC1)O[C@@]1(CC[C@@H](C)[C@@H](C[C@H](C)O)O1)[C@@H]2C. The second kappa shape index (κ2) is 20.6. The van der Waals surface area contributed by atoms with Crippen molar-refractivity contribution in [3.05, 3.63) is 36.5 Å². The van der Waals surface area contributed by atoms with Gasteiger partial charge in [0.15, 0.2) is 11.6 Å². The lowest BCUT2D eigenvalue weighted by Crippen LogP contribution is -2.62. The van der Waals surface area contributed by atoms with E-state index in [1.54, 1.807) is 20.8 Å². The van der Waals surface area contributed by atoms with Crippen molar-refractivity contribution in [1.29, 1.82) is 0 Å². The van der Waals surface area contributed by atoms with Crippen molar-refractivity contribution in [3.8, 4) is 0 Å². The number of allylic oxidation sites excluding steroid dienone is 4. The summed E-state index contributed by atoms with van der Waals surface area (Å²) in [7, 11) is 0. The van der Waals surface area contributed by atoms with Gasteiger partial charge in [-0.05, 0) is 70.1 Å². The van der Waals surface area contributed by atoms with E-state index in [0.29, 0.717) is 25.7 Å². The number of hydrogen-bond acceptors (Lipinski definition) is 11. The predicted octanol–water partition coefficient (Wildman–Crippen LogP) is 5.88. The summed E-state index contributed by atoms with van der Waals surface area (Å²) in [6.45, 7) is 19.1. The molecule has 11 heteroatoms. The molecule has 0 aliphatic carbocycles. The maximum absolute atomic E-state index is 13.5. The molecule has 0 aromatic rings. The highest BCUT2D eigenvalue weighted by molar-refractivity contribution is 5.91. The molecule has 3 aliphatic rings. The van der Waals surface area contributed by atoms with Crippen LogP contribution in [0.1, 0.15) is 121 Å². The topological polar surface area (TPSA) is 180 Å². The predicted molar refractivity (Wildman–Crippen MR) is 215 cm³/mol. The van der Waals surface area contributed by atoms with E-state index in [9.17, 15) is 39.9 Å². The van der Waals surface area contributed by atoms with Gasteiger partial charge in [-0.15, -0.1) is 0 Å². The standard InChI is InChI=1S/C45H74O11/c1-12-34-17-15-13-14-16-27(4)42(51)44(11,53)43(52)32(9)40(50)31(8)39(49)30(7)38(48)26(3)18-21-37(47)54-41-29(6)35(20-19-34)55-45(33(41)10)23-22-25(2)36(56-45)24-28(5)46/h13-15,17-18,21,25-36,38,40-42,46,48,50-51,53H,12,16,19-20,22-24H2,1-11H3/b14-13-,17-15+,21-18+/t25-,26-,27+,28+,29+,30-,31-,32-,33-,34-,35-,36-,38+,40+,41+,42+,44+,45-/m1/s1. The highest BCUT2D eigenvalue weighted by atomic mass is 16.7. The summed E-state index contributed by atoms with van der Waals surface area (Å²) in [5.41, 5.74) is -2.18. The molecule has 18 atom stereocenters. The van der Waals surface area contributed by atoms with E-state index in [1.807, 2.05) is 32.1 Å². The van der Waals surface area contributed by atoms with Crippen molar-refractivity contribution in [2.45, 2.75) is 175 Å². The third-order valence-corrected chi connectivity index (χ3v) is 13.4. The number of aliphatic hydroxyl groups excluding tert-OH is 4. The molecule has 320 valence electrons. The van der Waals surface area contributed by atoms with Gasteiger partial charge in [0.25, 0.3) is 0 Å². The van der Waals surface area contributed by atoms with Gasteiger partial charge in [-0.2, -0.15) is 0 Å². The maximum atomic E-state index is 13.5. The number of carbonyl (C=O) groups excluding carboxylic acids is 3. The second-order valence-corrected chi connectivity index (χ2v) is 18.0. The molecule has 5 N–H and O–H groups in total. The normalized spacial score (nSPS) is 46.8. The summed E-state index contributed by atoms with van der Waals surface area (Å²) in [5, 5.41) is 55.0. The van der Waals surface area contributed by atoms with Gasteiger partial charge in [0, 0.05) is 48.0 Å². The van der Waals surface area contributed by atoms with E-state index in [2.05, 4.69) is 19.9 Å². The first kappa shape index (κ1) is 48.1. The number of ether oxygens (including phenoxy) is 3. The number of rotatable bonds is 3. The van der Waals surface area contributed by atoms with Crippen LogP contribution in [-0.4, -0.2) is 97.2 Å². The molecule has 11 nitrogen and oxygen atoms in total. The molecule has 2 bridgehead atoms. The molecule has 3 aliphatic heterocycles. The third kappa shape index (κ3) is 11.5. The van der Waals surface area contributed by atoms with E-state index in [1.165, 1.54) is 39.8 Å². The number of aliphatic hydroxyl groups is 5. The number of ketones is 2. The minimum absolute atomic E-state index is 0.168. The van der Waals surface area contributed by atoms with Gasteiger partial charge in [0.05, 0.1) is 36.6 Å². The van der Waals surface area contributed by atoms with E-state index in [4.69, 9.17) is 14.2 Å². The van der Waals surface area contributed by atoms with E-state index in [-0.39, 0.29) is 35.9 Å². The van der Waals surface area contributed by atoms with Crippen LogP contribution in [-0.2, 0) is 28.6 Å². The fraction of sp³-hybridized carbons (Fsp3) is 0.800. The van der Waals surface area contributed by atoms with Gasteiger partial charge in [-0.3, -0.25) is 9.59 Å². The van der Waals surface area contributed by atoms with Crippen LogP contribution in [0.25, 0.3) is 0 Å². The average molecular weight is 791 g/mol. The molecular weight excluding hydrogens is 716 g/mol. The summed E-state index contributed by atoms with van der Waals surface area (Å²) in [6.07, 6.45) is 9.62. The van der Waals surface area contributed by atoms with Crippen molar-refractivity contribution in [2.24, 2.45) is 53.3 Å². The molecule has 56 heavy (non-hydrogen) atoms. The Morgan fingerprint density at radius 1 is 0.839 bits per heavy atom. The van der Waals surface area contributed by atoms with Crippen LogP contribution >= 0.6 is 0 Å². The van der Waals surface area contributed by atoms with Crippen LogP contribution in [0.5, 0.6) is 0 Å². The Morgan fingerprint density at radius 2 is 1.48 bits per heavy atom. The van der Waals surface area contributed by atoms with Crippen molar-refractivity contribution in [1.82, 2.24) is 0 Å². The monoisotopic (exact) mass is 791 g/mol. The fourth-order valence-electron chi connectivity index (χ4n) is 9.01. The lowest BCUT2D eigenvalue weighted by molar-refractivity contribution is -0.371. The van der Waals surface area contributed by atoms with Crippen molar-refractivity contribution >= 4 is 17.5 Å². The van der Waals surface area contributed by atoms with E-state index < -0.39 is 89.0 Å². The van der Waals surface area contributed by atoms with E-state index in [0.717, 1.165) is 19.3 Å². The molecule has 3 rings (SSSR count). The van der Waals surface area contributed by atoms with Gasteiger partial charge < -0.3 is 39.7 Å². The Kier molecular flexibility index (Phi) is 17.7. The maximum Gasteiger partial charge on any atom is 0.330 e. The quantitative estimate of drug-likeness (QED) is 0.216.